The Morgan fingerprint density at radius 3 is 2.14 bits per heavy atom. The molecule has 0 aliphatic heterocycles. The predicted molar refractivity (Wildman–Crippen MR) is 91.5 cm³/mol. The number of carbonyl (C=O) groups is 1. The molecule has 0 fully saturated rings. The number of hydrogen-bond donors (Lipinski definition) is 0. The van der Waals surface area contributed by atoms with Crippen molar-refractivity contribution in [2.24, 2.45) is 0 Å². The lowest BCUT2D eigenvalue weighted by molar-refractivity contribution is -0.153. The Morgan fingerprint density at radius 2 is 1.50 bits per heavy atom. The number of halogens is 1. The Morgan fingerprint density at radius 1 is 0.955 bits per heavy atom. The summed E-state index contributed by atoms with van der Waals surface area (Å²) in [4.78, 5) is 11.7. The zero-order valence-corrected chi connectivity index (χ0v) is 14.8. The van der Waals surface area contributed by atoms with E-state index in [-0.39, 0.29) is 0 Å². The molecule has 2 nitrogen and oxygen atoms in total. The second kappa shape index (κ2) is 15.1. The van der Waals surface area contributed by atoms with E-state index in [0.29, 0.717) is 12.0 Å². The largest absolute Gasteiger partial charge is 0.428 e. The number of carbonyl (C=O) groups excluding carboxylic acids is 1. The third-order valence-corrected chi connectivity index (χ3v) is 3.85. The van der Waals surface area contributed by atoms with E-state index in [1.165, 1.54) is 38.5 Å². The van der Waals surface area contributed by atoms with Gasteiger partial charge in [0.05, 0.1) is 0 Å². The van der Waals surface area contributed by atoms with Gasteiger partial charge in [-0.15, -0.1) is 0 Å². The number of hydrogen-bond acceptors (Lipinski definition) is 2. The predicted octanol–water partition coefficient (Wildman–Crippen LogP) is 6.49. The van der Waals surface area contributed by atoms with Crippen molar-refractivity contribution in [3.63, 3.8) is 0 Å². The molecular weight excluding hydrogens is 279 g/mol. The van der Waals surface area contributed by atoms with Crippen LogP contribution in [0.15, 0.2) is 11.6 Å². The SMILES string of the molecule is CCCCCCCCC/C=C(\C)C(=O)OC(F)CCCCC. The summed E-state index contributed by atoms with van der Waals surface area (Å²) in [5, 5.41) is 0. The number of esters is 1. The number of unbranched alkanes of at least 4 members (excludes halogenated alkanes) is 9. The number of rotatable bonds is 14. The first-order chi connectivity index (χ1) is 10.6. The minimum absolute atomic E-state index is 0.310. The van der Waals surface area contributed by atoms with Crippen LogP contribution < -0.4 is 0 Å². The zero-order chi connectivity index (χ0) is 16.6. The molecule has 0 heterocycles. The quantitative estimate of drug-likeness (QED) is 0.208. The Balaban J connectivity index is 3.69. The van der Waals surface area contributed by atoms with Crippen molar-refractivity contribution in [2.45, 2.75) is 104 Å². The first-order valence-corrected chi connectivity index (χ1v) is 9.13. The molecule has 0 aromatic heterocycles. The molecule has 0 aliphatic rings. The fourth-order valence-electron chi connectivity index (χ4n) is 2.33. The van der Waals surface area contributed by atoms with Crippen LogP contribution in [-0.4, -0.2) is 12.3 Å². The molecule has 0 amide bonds. The minimum Gasteiger partial charge on any atom is -0.428 e. The molecule has 0 aliphatic carbocycles. The lowest BCUT2D eigenvalue weighted by atomic mass is 10.1. The average molecular weight is 314 g/mol. The van der Waals surface area contributed by atoms with E-state index in [2.05, 4.69) is 13.8 Å². The molecular formula is C19H35FO2. The maximum atomic E-state index is 13.5. The highest BCUT2D eigenvalue weighted by molar-refractivity contribution is 5.87. The van der Waals surface area contributed by atoms with Crippen LogP contribution in [0.5, 0.6) is 0 Å². The van der Waals surface area contributed by atoms with Gasteiger partial charge in [-0.2, -0.15) is 0 Å². The molecule has 0 rings (SSSR count). The summed E-state index contributed by atoms with van der Waals surface area (Å²) < 4.78 is 18.3. The standard InChI is InChI=1S/C19H35FO2/c1-4-6-8-9-10-11-12-14-15-17(3)19(21)22-18(20)16-13-7-5-2/h15,18H,4-14,16H2,1-3H3/b17-15+. The van der Waals surface area contributed by atoms with E-state index in [0.717, 1.165) is 32.1 Å². The molecule has 0 bridgehead atoms. The van der Waals surface area contributed by atoms with Crippen molar-refractivity contribution in [3.8, 4) is 0 Å². The molecule has 0 saturated carbocycles. The highest BCUT2D eigenvalue weighted by atomic mass is 19.1. The molecule has 22 heavy (non-hydrogen) atoms. The van der Waals surface area contributed by atoms with Crippen molar-refractivity contribution in [2.75, 3.05) is 0 Å². The second-order valence-electron chi connectivity index (χ2n) is 6.11. The van der Waals surface area contributed by atoms with Gasteiger partial charge in [0.25, 0.3) is 0 Å². The van der Waals surface area contributed by atoms with Crippen LogP contribution in [0.25, 0.3) is 0 Å². The molecule has 3 heteroatoms. The summed E-state index contributed by atoms with van der Waals surface area (Å²) in [7, 11) is 0. The molecule has 0 aromatic carbocycles. The zero-order valence-electron chi connectivity index (χ0n) is 14.8. The average Bonchev–Trinajstić information content (AvgIpc) is 2.49. The Hall–Kier alpha value is -0.860. The van der Waals surface area contributed by atoms with Gasteiger partial charge in [-0.05, 0) is 26.2 Å². The third-order valence-electron chi connectivity index (χ3n) is 3.85. The molecule has 0 N–H and O–H groups in total. The first kappa shape index (κ1) is 21.1. The van der Waals surface area contributed by atoms with Crippen LogP contribution in [0.1, 0.15) is 97.8 Å². The molecule has 0 aromatic rings. The fourth-order valence-corrected chi connectivity index (χ4v) is 2.33. The molecule has 130 valence electrons. The van der Waals surface area contributed by atoms with Gasteiger partial charge >= 0.3 is 5.97 Å². The lowest BCUT2D eigenvalue weighted by Crippen LogP contribution is -2.14. The van der Waals surface area contributed by atoms with Crippen LogP contribution in [0, 0.1) is 0 Å². The van der Waals surface area contributed by atoms with Crippen molar-refractivity contribution in [1.82, 2.24) is 0 Å². The topological polar surface area (TPSA) is 26.3 Å². The van der Waals surface area contributed by atoms with Crippen molar-refractivity contribution >= 4 is 5.97 Å². The van der Waals surface area contributed by atoms with E-state index in [1.807, 2.05) is 6.08 Å². The molecule has 1 atom stereocenters. The summed E-state index contributed by atoms with van der Waals surface area (Å²) in [5.74, 6) is -0.507. The first-order valence-electron chi connectivity index (χ1n) is 9.13. The summed E-state index contributed by atoms with van der Waals surface area (Å²) in [6.07, 6.45) is 13.2. The molecule has 0 spiro atoms. The van der Waals surface area contributed by atoms with E-state index in [9.17, 15) is 9.18 Å². The highest BCUT2D eigenvalue weighted by Crippen LogP contribution is 2.12. The van der Waals surface area contributed by atoms with Gasteiger partial charge < -0.3 is 4.74 Å². The normalized spacial score (nSPS) is 13.2. The summed E-state index contributed by atoms with van der Waals surface area (Å²) in [5.41, 5.74) is 0.532. The lowest BCUT2D eigenvalue weighted by Gasteiger charge is -2.10. The van der Waals surface area contributed by atoms with Gasteiger partial charge in [-0.1, -0.05) is 71.3 Å². The monoisotopic (exact) mass is 314 g/mol. The Labute approximate surface area is 136 Å². The molecule has 1 unspecified atom stereocenters. The van der Waals surface area contributed by atoms with Gasteiger partial charge in [-0.25, -0.2) is 9.18 Å². The van der Waals surface area contributed by atoms with Crippen molar-refractivity contribution in [3.05, 3.63) is 11.6 Å². The van der Waals surface area contributed by atoms with Crippen LogP contribution in [-0.2, 0) is 9.53 Å². The molecule has 0 saturated heterocycles. The van der Waals surface area contributed by atoms with E-state index in [4.69, 9.17) is 4.74 Å². The summed E-state index contributed by atoms with van der Waals surface area (Å²) in [6, 6.07) is 0. The maximum absolute atomic E-state index is 13.5. The van der Waals surface area contributed by atoms with Crippen LogP contribution in [0.3, 0.4) is 0 Å². The van der Waals surface area contributed by atoms with Crippen LogP contribution >= 0.6 is 0 Å². The minimum atomic E-state index is -1.46. The third kappa shape index (κ3) is 12.8. The number of ether oxygens (including phenoxy) is 1. The van der Waals surface area contributed by atoms with Gasteiger partial charge in [0.15, 0.2) is 0 Å². The highest BCUT2D eigenvalue weighted by Gasteiger charge is 2.13. The molecule has 0 radical (unpaired) electrons. The van der Waals surface area contributed by atoms with Gasteiger partial charge in [0.2, 0.25) is 6.36 Å². The van der Waals surface area contributed by atoms with Gasteiger partial charge in [-0.3, -0.25) is 0 Å². The Kier molecular flexibility index (Phi) is 14.5. The summed E-state index contributed by atoms with van der Waals surface area (Å²) in [6.45, 7) is 6.00. The smallest absolute Gasteiger partial charge is 0.335 e. The second-order valence-corrected chi connectivity index (χ2v) is 6.11. The fraction of sp³-hybridized carbons (Fsp3) is 0.842. The van der Waals surface area contributed by atoms with Gasteiger partial charge in [0, 0.05) is 12.0 Å². The van der Waals surface area contributed by atoms with Gasteiger partial charge in [0.1, 0.15) is 0 Å². The van der Waals surface area contributed by atoms with E-state index in [1.54, 1.807) is 6.92 Å². The number of allylic oxidation sites excluding steroid dienone is 1. The van der Waals surface area contributed by atoms with Crippen molar-refractivity contribution in [1.29, 1.82) is 0 Å². The Bertz CT molecular complexity index is 300. The van der Waals surface area contributed by atoms with E-state index < -0.39 is 12.3 Å². The maximum Gasteiger partial charge on any atom is 0.335 e. The van der Waals surface area contributed by atoms with Crippen molar-refractivity contribution < 1.29 is 13.9 Å². The van der Waals surface area contributed by atoms with Crippen LogP contribution in [0.4, 0.5) is 4.39 Å². The summed E-state index contributed by atoms with van der Waals surface area (Å²) >= 11 is 0. The number of alkyl halides is 1. The van der Waals surface area contributed by atoms with Crippen LogP contribution in [0.2, 0.25) is 0 Å². The van der Waals surface area contributed by atoms with E-state index >= 15 is 0 Å².